The van der Waals surface area contributed by atoms with Gasteiger partial charge in [0.25, 0.3) is 0 Å². The van der Waals surface area contributed by atoms with E-state index in [1.54, 1.807) is 4.88 Å². The van der Waals surface area contributed by atoms with Gasteiger partial charge in [-0.3, -0.25) is 0 Å². The van der Waals surface area contributed by atoms with Crippen molar-refractivity contribution in [3.05, 3.63) is 21.9 Å². The maximum atomic E-state index is 3.81. The molecular weight excluding hydrogens is 262 g/mol. The predicted octanol–water partition coefficient (Wildman–Crippen LogP) is 5.44. The second-order valence-electron chi connectivity index (χ2n) is 5.80. The molecule has 0 saturated heterocycles. The maximum Gasteiger partial charge on any atom is 0.0143 e. The van der Waals surface area contributed by atoms with Gasteiger partial charge in [0.05, 0.1) is 0 Å². The summed E-state index contributed by atoms with van der Waals surface area (Å²) >= 11 is 2.01. The van der Waals surface area contributed by atoms with Crippen LogP contribution < -0.4 is 5.32 Å². The minimum Gasteiger partial charge on any atom is -0.313 e. The monoisotopic (exact) mass is 295 g/mol. The highest BCUT2D eigenvalue weighted by atomic mass is 32.1. The SMILES string of the molecule is CCCCC(CC)C(Cc1ccc(CC)s1)NCCC. The zero-order valence-corrected chi connectivity index (χ0v) is 14.7. The van der Waals surface area contributed by atoms with Gasteiger partial charge < -0.3 is 5.32 Å². The van der Waals surface area contributed by atoms with Crippen molar-refractivity contribution >= 4 is 11.3 Å². The highest BCUT2D eigenvalue weighted by Crippen LogP contribution is 2.24. The lowest BCUT2D eigenvalue weighted by Crippen LogP contribution is -2.38. The van der Waals surface area contributed by atoms with Gasteiger partial charge in [-0.1, -0.05) is 47.0 Å². The maximum absolute atomic E-state index is 3.81. The molecule has 0 aliphatic carbocycles. The first-order valence-electron chi connectivity index (χ1n) is 8.55. The molecule has 0 saturated carbocycles. The normalized spacial score (nSPS) is 14.4. The Bertz CT molecular complexity index is 345. The Morgan fingerprint density at radius 2 is 1.80 bits per heavy atom. The van der Waals surface area contributed by atoms with E-state index < -0.39 is 0 Å². The molecule has 0 radical (unpaired) electrons. The van der Waals surface area contributed by atoms with Crippen LogP contribution in [0.5, 0.6) is 0 Å². The van der Waals surface area contributed by atoms with Gasteiger partial charge in [0.1, 0.15) is 0 Å². The first-order valence-corrected chi connectivity index (χ1v) is 9.37. The number of rotatable bonds is 11. The lowest BCUT2D eigenvalue weighted by Gasteiger charge is -2.27. The molecule has 1 aromatic rings. The fourth-order valence-electron chi connectivity index (χ4n) is 2.83. The Labute approximate surface area is 130 Å². The molecule has 1 rings (SSSR count). The molecule has 1 N–H and O–H groups in total. The zero-order chi connectivity index (χ0) is 14.8. The van der Waals surface area contributed by atoms with Gasteiger partial charge in [-0.05, 0) is 50.3 Å². The summed E-state index contributed by atoms with van der Waals surface area (Å²) in [6.45, 7) is 10.3. The lowest BCUT2D eigenvalue weighted by atomic mass is 9.89. The first kappa shape index (κ1) is 17.7. The number of hydrogen-bond donors (Lipinski definition) is 1. The van der Waals surface area contributed by atoms with Crippen molar-refractivity contribution in [2.75, 3.05) is 6.54 Å². The Kier molecular flexibility index (Phi) is 9.21. The molecule has 0 amide bonds. The largest absolute Gasteiger partial charge is 0.313 e. The molecule has 2 unspecified atom stereocenters. The third-order valence-corrected chi connectivity index (χ3v) is 5.42. The van der Waals surface area contributed by atoms with E-state index in [0.717, 1.165) is 12.5 Å². The van der Waals surface area contributed by atoms with Crippen LogP contribution in [0.25, 0.3) is 0 Å². The third kappa shape index (κ3) is 5.97. The number of nitrogens with one attached hydrogen (secondary N) is 1. The summed E-state index contributed by atoms with van der Waals surface area (Å²) in [4.78, 5) is 3.08. The van der Waals surface area contributed by atoms with Crippen LogP contribution in [0, 0.1) is 5.92 Å². The molecule has 1 heterocycles. The highest BCUT2D eigenvalue weighted by Gasteiger charge is 2.20. The number of hydrogen-bond acceptors (Lipinski definition) is 2. The third-order valence-electron chi connectivity index (χ3n) is 4.17. The van der Waals surface area contributed by atoms with Gasteiger partial charge in [-0.2, -0.15) is 0 Å². The molecule has 1 nitrogen and oxygen atoms in total. The van der Waals surface area contributed by atoms with E-state index in [0.29, 0.717) is 6.04 Å². The predicted molar refractivity (Wildman–Crippen MR) is 92.8 cm³/mol. The van der Waals surface area contributed by atoms with Crippen LogP contribution in [0.3, 0.4) is 0 Å². The van der Waals surface area contributed by atoms with Crippen LogP contribution in [0.1, 0.15) is 69.6 Å². The molecule has 0 fully saturated rings. The van der Waals surface area contributed by atoms with Crippen LogP contribution >= 0.6 is 11.3 Å². The van der Waals surface area contributed by atoms with Gasteiger partial charge in [0, 0.05) is 15.8 Å². The second-order valence-corrected chi connectivity index (χ2v) is 7.05. The van der Waals surface area contributed by atoms with E-state index >= 15 is 0 Å². The summed E-state index contributed by atoms with van der Waals surface area (Å²) in [6.07, 6.45) is 8.97. The van der Waals surface area contributed by atoms with Crippen LogP contribution in [-0.2, 0) is 12.8 Å². The fraction of sp³-hybridized carbons (Fsp3) is 0.778. The van der Waals surface area contributed by atoms with Gasteiger partial charge >= 0.3 is 0 Å². The Morgan fingerprint density at radius 1 is 1.05 bits per heavy atom. The second kappa shape index (κ2) is 10.4. The Balaban J connectivity index is 2.65. The van der Waals surface area contributed by atoms with E-state index in [1.807, 2.05) is 11.3 Å². The van der Waals surface area contributed by atoms with E-state index in [-0.39, 0.29) is 0 Å². The number of thiophene rings is 1. The van der Waals surface area contributed by atoms with E-state index in [1.165, 1.54) is 49.8 Å². The molecule has 0 aromatic carbocycles. The van der Waals surface area contributed by atoms with Crippen molar-refractivity contribution in [3.8, 4) is 0 Å². The van der Waals surface area contributed by atoms with Gasteiger partial charge in [-0.15, -0.1) is 11.3 Å². The highest BCUT2D eigenvalue weighted by molar-refractivity contribution is 7.11. The van der Waals surface area contributed by atoms with Crippen molar-refractivity contribution in [1.82, 2.24) is 5.32 Å². The summed E-state index contributed by atoms with van der Waals surface area (Å²) < 4.78 is 0. The van der Waals surface area contributed by atoms with Crippen LogP contribution in [0.4, 0.5) is 0 Å². The molecule has 0 aliphatic rings. The fourth-order valence-corrected chi connectivity index (χ4v) is 3.85. The first-order chi connectivity index (χ1) is 9.74. The summed E-state index contributed by atoms with van der Waals surface area (Å²) in [7, 11) is 0. The summed E-state index contributed by atoms with van der Waals surface area (Å²) in [6, 6.07) is 5.32. The van der Waals surface area contributed by atoms with E-state index in [2.05, 4.69) is 45.1 Å². The number of unbranched alkanes of at least 4 members (excludes halogenated alkanes) is 1. The smallest absolute Gasteiger partial charge is 0.0143 e. The number of aryl methyl sites for hydroxylation is 1. The lowest BCUT2D eigenvalue weighted by molar-refractivity contribution is 0.317. The molecule has 0 spiro atoms. The average molecular weight is 296 g/mol. The summed E-state index contributed by atoms with van der Waals surface area (Å²) in [5.74, 6) is 0.827. The quantitative estimate of drug-likeness (QED) is 0.573. The topological polar surface area (TPSA) is 12.0 Å². The molecule has 20 heavy (non-hydrogen) atoms. The molecule has 0 aliphatic heterocycles. The summed E-state index contributed by atoms with van der Waals surface area (Å²) in [5.41, 5.74) is 0. The molecule has 0 bridgehead atoms. The molecular formula is C18H33NS. The van der Waals surface area contributed by atoms with Gasteiger partial charge in [-0.25, -0.2) is 0 Å². The Hall–Kier alpha value is -0.340. The molecule has 2 heteroatoms. The Morgan fingerprint density at radius 3 is 2.35 bits per heavy atom. The molecule has 116 valence electrons. The van der Waals surface area contributed by atoms with Crippen LogP contribution in [0.15, 0.2) is 12.1 Å². The van der Waals surface area contributed by atoms with Crippen molar-refractivity contribution < 1.29 is 0 Å². The molecule has 1 aromatic heterocycles. The van der Waals surface area contributed by atoms with Gasteiger partial charge in [0.15, 0.2) is 0 Å². The van der Waals surface area contributed by atoms with E-state index in [9.17, 15) is 0 Å². The van der Waals surface area contributed by atoms with E-state index in [4.69, 9.17) is 0 Å². The zero-order valence-electron chi connectivity index (χ0n) is 13.9. The molecule has 2 atom stereocenters. The standard InChI is InChI=1S/C18H33NS/c1-5-9-10-15(7-3)18(19-13-6-2)14-17-12-11-16(8-4)20-17/h11-12,15,18-19H,5-10,13-14H2,1-4H3. The van der Waals surface area contributed by atoms with Crippen LogP contribution in [0.2, 0.25) is 0 Å². The average Bonchev–Trinajstić information content (AvgIpc) is 2.92. The van der Waals surface area contributed by atoms with Crippen LogP contribution in [-0.4, -0.2) is 12.6 Å². The van der Waals surface area contributed by atoms with Gasteiger partial charge in [0.2, 0.25) is 0 Å². The summed E-state index contributed by atoms with van der Waals surface area (Å²) in [5, 5.41) is 3.81. The van der Waals surface area contributed by atoms with Crippen molar-refractivity contribution in [2.45, 2.75) is 78.7 Å². The minimum atomic E-state index is 0.662. The van der Waals surface area contributed by atoms with Crippen molar-refractivity contribution in [1.29, 1.82) is 0 Å². The van der Waals surface area contributed by atoms with Crippen molar-refractivity contribution in [2.24, 2.45) is 5.92 Å². The van der Waals surface area contributed by atoms with Crippen molar-refractivity contribution in [3.63, 3.8) is 0 Å². The minimum absolute atomic E-state index is 0.662.